The van der Waals surface area contributed by atoms with Gasteiger partial charge in [-0.3, -0.25) is 14.0 Å². The molecule has 8 nitrogen and oxygen atoms in total. The van der Waals surface area contributed by atoms with Crippen LogP contribution in [-0.2, 0) is 6.42 Å². The lowest BCUT2D eigenvalue weighted by Gasteiger charge is -2.34. The predicted octanol–water partition coefficient (Wildman–Crippen LogP) is 2.10. The second-order valence-corrected chi connectivity index (χ2v) is 6.59. The molecule has 1 fully saturated rings. The number of aromatic nitrogens is 2. The number of aryl methyl sites for hydroxylation is 1. The van der Waals surface area contributed by atoms with Gasteiger partial charge in [-0.15, -0.1) is 0 Å². The molecule has 4 heterocycles. The maximum atomic E-state index is 13.3. The van der Waals surface area contributed by atoms with E-state index in [1.54, 1.807) is 33.4 Å². The van der Waals surface area contributed by atoms with E-state index in [0.717, 1.165) is 5.69 Å². The van der Waals surface area contributed by atoms with Crippen molar-refractivity contribution in [3.63, 3.8) is 0 Å². The summed E-state index contributed by atoms with van der Waals surface area (Å²) in [6.45, 7) is 3.84. The second-order valence-electron chi connectivity index (χ2n) is 6.59. The van der Waals surface area contributed by atoms with E-state index in [2.05, 4.69) is 4.98 Å². The smallest absolute Gasteiger partial charge is 0.289 e. The van der Waals surface area contributed by atoms with Gasteiger partial charge in [0, 0.05) is 32.4 Å². The third-order valence-electron chi connectivity index (χ3n) is 5.03. The molecule has 28 heavy (non-hydrogen) atoms. The molecule has 3 aromatic rings. The lowest BCUT2D eigenvalue weighted by Crippen LogP contribution is -2.50. The van der Waals surface area contributed by atoms with Gasteiger partial charge in [0.05, 0.1) is 19.1 Å². The fourth-order valence-electron chi connectivity index (χ4n) is 3.54. The minimum absolute atomic E-state index is 0.0808. The molecule has 8 heteroatoms. The third-order valence-corrected chi connectivity index (χ3v) is 5.03. The average molecular weight is 382 g/mol. The number of nitrogens with zero attached hydrogens (tertiary/aromatic N) is 4. The van der Waals surface area contributed by atoms with Crippen LogP contribution >= 0.6 is 0 Å². The van der Waals surface area contributed by atoms with Crippen LogP contribution in [0.3, 0.4) is 0 Å². The molecule has 2 amide bonds. The van der Waals surface area contributed by atoms with Crippen molar-refractivity contribution in [2.45, 2.75) is 13.3 Å². The average Bonchev–Trinajstić information content (AvgIpc) is 3.40. The Bertz CT molecular complexity index is 1000. The molecule has 146 valence electrons. The van der Waals surface area contributed by atoms with Crippen LogP contribution in [0.4, 0.5) is 0 Å². The van der Waals surface area contributed by atoms with Crippen LogP contribution in [0.25, 0.3) is 5.65 Å². The Morgan fingerprint density at radius 2 is 1.82 bits per heavy atom. The Morgan fingerprint density at radius 3 is 2.43 bits per heavy atom. The molecular formula is C20H22N4O4. The molecule has 0 saturated carbocycles. The Kier molecular flexibility index (Phi) is 4.77. The van der Waals surface area contributed by atoms with Crippen molar-refractivity contribution in [3.05, 3.63) is 53.9 Å². The summed E-state index contributed by atoms with van der Waals surface area (Å²) in [5, 5.41) is 0. The second kappa shape index (κ2) is 7.38. The SMILES string of the molecule is CCc1nc2c(OC)cccn2c1C(=O)N1CCN(C(=O)c2ccco2)CC1. The van der Waals surface area contributed by atoms with Crippen molar-refractivity contribution in [1.29, 1.82) is 0 Å². The monoisotopic (exact) mass is 382 g/mol. The predicted molar refractivity (Wildman–Crippen MR) is 102 cm³/mol. The summed E-state index contributed by atoms with van der Waals surface area (Å²) in [6.07, 6.45) is 3.95. The van der Waals surface area contributed by atoms with Crippen molar-refractivity contribution in [2.75, 3.05) is 33.3 Å². The van der Waals surface area contributed by atoms with Gasteiger partial charge >= 0.3 is 0 Å². The zero-order valence-corrected chi connectivity index (χ0v) is 15.9. The highest BCUT2D eigenvalue weighted by Gasteiger charge is 2.29. The van der Waals surface area contributed by atoms with E-state index in [-0.39, 0.29) is 11.8 Å². The Hall–Kier alpha value is -3.29. The first-order valence-electron chi connectivity index (χ1n) is 9.30. The summed E-state index contributed by atoms with van der Waals surface area (Å²) in [4.78, 5) is 33.8. The number of rotatable bonds is 4. The number of amides is 2. The largest absolute Gasteiger partial charge is 0.493 e. The molecule has 3 aromatic heterocycles. The van der Waals surface area contributed by atoms with Gasteiger partial charge in [0.25, 0.3) is 11.8 Å². The summed E-state index contributed by atoms with van der Waals surface area (Å²) in [5.74, 6) is 0.723. The highest BCUT2D eigenvalue weighted by atomic mass is 16.5. The standard InChI is InChI=1S/C20H22N4O4/c1-3-14-17(24-8-4-6-15(27-2)18(24)21-14)20(26)23-11-9-22(10-12-23)19(25)16-7-5-13-28-16/h4-8,13H,3,9-12H2,1-2H3. The number of carbonyl (C=O) groups excluding carboxylic acids is 2. The number of fused-ring (bicyclic) bond motifs is 1. The van der Waals surface area contributed by atoms with E-state index < -0.39 is 0 Å². The Balaban J connectivity index is 1.55. The van der Waals surface area contributed by atoms with E-state index in [0.29, 0.717) is 55.5 Å². The summed E-state index contributed by atoms with van der Waals surface area (Å²) < 4.78 is 12.4. The number of ether oxygens (including phenoxy) is 1. The van der Waals surface area contributed by atoms with Gasteiger partial charge in [0.15, 0.2) is 17.2 Å². The highest BCUT2D eigenvalue weighted by Crippen LogP contribution is 2.24. The lowest BCUT2D eigenvalue weighted by atomic mass is 10.2. The first-order valence-corrected chi connectivity index (χ1v) is 9.30. The van der Waals surface area contributed by atoms with Crippen LogP contribution in [0.1, 0.15) is 33.7 Å². The van der Waals surface area contributed by atoms with Gasteiger partial charge in [-0.2, -0.15) is 0 Å². The van der Waals surface area contributed by atoms with Crippen molar-refractivity contribution >= 4 is 17.5 Å². The molecule has 0 N–H and O–H groups in total. The number of carbonyl (C=O) groups is 2. The minimum Gasteiger partial charge on any atom is -0.493 e. The number of piperazine rings is 1. The fourth-order valence-corrected chi connectivity index (χ4v) is 3.54. The van der Waals surface area contributed by atoms with E-state index in [1.165, 1.54) is 6.26 Å². The Labute approximate surface area is 162 Å². The van der Waals surface area contributed by atoms with Crippen LogP contribution in [0.5, 0.6) is 5.75 Å². The fraction of sp³-hybridized carbons (Fsp3) is 0.350. The molecule has 4 rings (SSSR count). The number of pyridine rings is 1. The quantitative estimate of drug-likeness (QED) is 0.690. The topological polar surface area (TPSA) is 80.3 Å². The minimum atomic E-state index is -0.147. The maximum Gasteiger partial charge on any atom is 0.289 e. The van der Waals surface area contributed by atoms with Gasteiger partial charge in [0.2, 0.25) is 0 Å². The zero-order valence-electron chi connectivity index (χ0n) is 15.9. The number of hydrogen-bond donors (Lipinski definition) is 0. The van der Waals surface area contributed by atoms with Crippen LogP contribution in [0.2, 0.25) is 0 Å². The summed E-state index contributed by atoms with van der Waals surface area (Å²) in [7, 11) is 1.59. The molecule has 1 aliphatic rings. The number of furan rings is 1. The van der Waals surface area contributed by atoms with Crippen LogP contribution in [0, 0.1) is 0 Å². The lowest BCUT2D eigenvalue weighted by molar-refractivity contribution is 0.0514. The molecule has 0 unspecified atom stereocenters. The molecule has 0 aliphatic carbocycles. The molecule has 0 aromatic carbocycles. The third kappa shape index (κ3) is 3.00. The Morgan fingerprint density at radius 1 is 1.11 bits per heavy atom. The zero-order chi connectivity index (χ0) is 19.7. The van der Waals surface area contributed by atoms with E-state index >= 15 is 0 Å². The first kappa shape index (κ1) is 18.1. The molecular weight excluding hydrogens is 360 g/mol. The summed E-state index contributed by atoms with van der Waals surface area (Å²) >= 11 is 0. The molecule has 0 radical (unpaired) electrons. The van der Waals surface area contributed by atoms with Crippen LogP contribution < -0.4 is 4.74 Å². The van der Waals surface area contributed by atoms with Gasteiger partial charge < -0.3 is 19.0 Å². The van der Waals surface area contributed by atoms with E-state index in [1.807, 2.05) is 25.3 Å². The number of methoxy groups -OCH3 is 1. The van der Waals surface area contributed by atoms with Crippen molar-refractivity contribution in [3.8, 4) is 5.75 Å². The molecule has 0 bridgehead atoms. The summed E-state index contributed by atoms with van der Waals surface area (Å²) in [5.41, 5.74) is 1.93. The highest BCUT2D eigenvalue weighted by molar-refractivity contribution is 5.96. The van der Waals surface area contributed by atoms with E-state index in [9.17, 15) is 9.59 Å². The van der Waals surface area contributed by atoms with E-state index in [4.69, 9.17) is 9.15 Å². The molecule has 0 atom stereocenters. The van der Waals surface area contributed by atoms with Crippen LogP contribution in [0.15, 0.2) is 41.1 Å². The van der Waals surface area contributed by atoms with Crippen LogP contribution in [-0.4, -0.2) is 64.3 Å². The van der Waals surface area contributed by atoms with Crippen molar-refractivity contribution < 1.29 is 18.7 Å². The van der Waals surface area contributed by atoms with Gasteiger partial charge in [0.1, 0.15) is 5.69 Å². The number of imidazole rings is 1. The van der Waals surface area contributed by atoms with Crippen molar-refractivity contribution in [1.82, 2.24) is 19.2 Å². The normalized spacial score (nSPS) is 14.5. The molecule has 0 spiro atoms. The van der Waals surface area contributed by atoms with Crippen molar-refractivity contribution in [2.24, 2.45) is 0 Å². The maximum absolute atomic E-state index is 13.3. The summed E-state index contributed by atoms with van der Waals surface area (Å²) in [6, 6.07) is 7.01. The number of hydrogen-bond acceptors (Lipinski definition) is 5. The molecule has 1 aliphatic heterocycles. The first-order chi connectivity index (χ1) is 13.6. The van der Waals surface area contributed by atoms with Gasteiger partial charge in [-0.1, -0.05) is 6.92 Å². The van der Waals surface area contributed by atoms with Gasteiger partial charge in [-0.25, -0.2) is 4.98 Å². The van der Waals surface area contributed by atoms with Gasteiger partial charge in [-0.05, 0) is 30.7 Å². The molecule has 1 saturated heterocycles.